The van der Waals surface area contributed by atoms with Crippen LogP contribution in [0, 0.1) is 0 Å². The molecule has 0 unspecified atom stereocenters. The smallest absolute Gasteiger partial charge is 0.00576 e. The van der Waals surface area contributed by atoms with E-state index in [1.54, 1.807) is 5.57 Å². The molecule has 22 heavy (non-hydrogen) atoms. The molecule has 0 saturated carbocycles. The van der Waals surface area contributed by atoms with E-state index in [1.807, 2.05) is 0 Å². The molecule has 0 radical (unpaired) electrons. The topological polar surface area (TPSA) is 0 Å². The third kappa shape index (κ3) is 2.25. The van der Waals surface area contributed by atoms with Crippen LogP contribution in [0.25, 0.3) is 28.0 Å². The molecule has 1 aliphatic rings. The number of hydrogen-bond acceptors (Lipinski definition) is 0. The van der Waals surface area contributed by atoms with Crippen LogP contribution in [0.1, 0.15) is 30.9 Å². The maximum Gasteiger partial charge on any atom is -0.00576 e. The van der Waals surface area contributed by atoms with Gasteiger partial charge in [-0.15, -0.1) is 0 Å². The van der Waals surface area contributed by atoms with Crippen LogP contribution in [-0.4, -0.2) is 0 Å². The Kier molecular flexibility index (Phi) is 3.31. The second-order valence-corrected chi connectivity index (χ2v) is 6.17. The average Bonchev–Trinajstić information content (AvgIpc) is 2.97. The maximum atomic E-state index is 2.42. The van der Waals surface area contributed by atoms with E-state index >= 15 is 0 Å². The van der Waals surface area contributed by atoms with Crippen molar-refractivity contribution in [3.8, 4) is 11.1 Å². The largest absolute Gasteiger partial charge is 0.0652 e. The second-order valence-electron chi connectivity index (χ2n) is 6.17. The highest BCUT2D eigenvalue weighted by Gasteiger charge is 2.16. The van der Waals surface area contributed by atoms with E-state index in [0.717, 1.165) is 6.42 Å². The molecule has 0 bridgehead atoms. The van der Waals surface area contributed by atoms with E-state index in [2.05, 4.69) is 73.7 Å². The summed E-state index contributed by atoms with van der Waals surface area (Å²) in [5, 5.41) is 2.62. The molecule has 3 aromatic rings. The number of benzene rings is 3. The normalized spacial score (nSPS) is 13.2. The van der Waals surface area contributed by atoms with E-state index in [1.165, 1.54) is 45.9 Å². The van der Waals surface area contributed by atoms with Crippen LogP contribution in [0.4, 0.5) is 0 Å². The highest BCUT2D eigenvalue weighted by atomic mass is 14.2. The van der Waals surface area contributed by atoms with Crippen molar-refractivity contribution in [2.45, 2.75) is 26.2 Å². The minimum absolute atomic E-state index is 1.13. The molecule has 0 heterocycles. The second kappa shape index (κ2) is 5.46. The Morgan fingerprint density at radius 3 is 2.59 bits per heavy atom. The molecule has 0 nitrogen and oxygen atoms in total. The highest BCUT2D eigenvalue weighted by molar-refractivity contribution is 5.90. The average molecular weight is 284 g/mol. The first-order valence-electron chi connectivity index (χ1n) is 8.15. The summed E-state index contributed by atoms with van der Waals surface area (Å²) in [7, 11) is 0. The van der Waals surface area contributed by atoms with Crippen LogP contribution < -0.4 is 0 Å². The molecule has 3 aromatic carbocycles. The van der Waals surface area contributed by atoms with Crippen LogP contribution in [-0.2, 0) is 6.42 Å². The van der Waals surface area contributed by atoms with E-state index < -0.39 is 0 Å². The van der Waals surface area contributed by atoms with Crippen LogP contribution >= 0.6 is 0 Å². The summed E-state index contributed by atoms with van der Waals surface area (Å²) in [4.78, 5) is 0. The lowest BCUT2D eigenvalue weighted by atomic mass is 9.95. The predicted molar refractivity (Wildman–Crippen MR) is 96.0 cm³/mol. The summed E-state index contributed by atoms with van der Waals surface area (Å²) in [6.07, 6.45) is 5.99. The Hall–Kier alpha value is -2.34. The fourth-order valence-electron chi connectivity index (χ4n) is 3.53. The fraction of sp³-hybridized carbons (Fsp3) is 0.182. The van der Waals surface area contributed by atoms with Crippen LogP contribution in [0.3, 0.4) is 0 Å². The Labute approximate surface area is 132 Å². The SMILES string of the molecule is CCCC1=Cc2c(cccc2-c2ccc3ccccc3c2)C1. The summed E-state index contributed by atoms with van der Waals surface area (Å²) >= 11 is 0. The van der Waals surface area contributed by atoms with Gasteiger partial charge in [-0.1, -0.05) is 79.6 Å². The van der Waals surface area contributed by atoms with Crippen molar-refractivity contribution in [1.29, 1.82) is 0 Å². The summed E-state index contributed by atoms with van der Waals surface area (Å²) in [6, 6.07) is 22.1. The van der Waals surface area contributed by atoms with Crippen molar-refractivity contribution in [2.75, 3.05) is 0 Å². The fourth-order valence-corrected chi connectivity index (χ4v) is 3.53. The maximum absolute atomic E-state index is 2.42. The van der Waals surface area contributed by atoms with Crippen molar-refractivity contribution in [1.82, 2.24) is 0 Å². The molecule has 0 saturated heterocycles. The molecule has 0 heteroatoms. The van der Waals surface area contributed by atoms with Gasteiger partial charge in [0.05, 0.1) is 0 Å². The van der Waals surface area contributed by atoms with Gasteiger partial charge >= 0.3 is 0 Å². The first-order chi connectivity index (χ1) is 10.8. The quantitative estimate of drug-likeness (QED) is 0.533. The van der Waals surface area contributed by atoms with Gasteiger partial charge in [0.2, 0.25) is 0 Å². The third-order valence-corrected chi connectivity index (χ3v) is 4.59. The zero-order chi connectivity index (χ0) is 14.9. The Bertz CT molecular complexity index is 868. The Balaban J connectivity index is 1.84. The highest BCUT2D eigenvalue weighted by Crippen LogP contribution is 2.36. The first-order valence-corrected chi connectivity index (χ1v) is 8.15. The standard InChI is InChI=1S/C22H20/c1-2-6-16-13-19-9-5-10-21(22(19)14-16)20-12-11-17-7-3-4-8-18(17)15-20/h3-5,7-12,14-15H,2,6,13H2,1H3. The minimum Gasteiger partial charge on any atom is -0.0652 e. The van der Waals surface area contributed by atoms with Crippen LogP contribution in [0.2, 0.25) is 0 Å². The zero-order valence-electron chi connectivity index (χ0n) is 13.0. The van der Waals surface area contributed by atoms with Crippen molar-refractivity contribution in [2.24, 2.45) is 0 Å². The van der Waals surface area contributed by atoms with Gasteiger partial charge in [-0.25, -0.2) is 0 Å². The van der Waals surface area contributed by atoms with Crippen molar-refractivity contribution in [3.63, 3.8) is 0 Å². The third-order valence-electron chi connectivity index (χ3n) is 4.59. The first kappa shape index (κ1) is 13.3. The lowest BCUT2D eigenvalue weighted by molar-refractivity contribution is 0.886. The lowest BCUT2D eigenvalue weighted by Crippen LogP contribution is -1.88. The van der Waals surface area contributed by atoms with Crippen LogP contribution in [0.15, 0.2) is 66.2 Å². The Morgan fingerprint density at radius 2 is 1.73 bits per heavy atom. The van der Waals surface area contributed by atoms with Gasteiger partial charge in [0.1, 0.15) is 0 Å². The molecule has 0 aliphatic heterocycles. The van der Waals surface area contributed by atoms with Gasteiger partial charge in [0.25, 0.3) is 0 Å². The number of hydrogen-bond donors (Lipinski definition) is 0. The van der Waals surface area contributed by atoms with E-state index in [4.69, 9.17) is 0 Å². The van der Waals surface area contributed by atoms with Gasteiger partial charge in [0.15, 0.2) is 0 Å². The summed E-state index contributed by atoms with van der Waals surface area (Å²) in [5.41, 5.74) is 7.18. The Morgan fingerprint density at radius 1 is 0.864 bits per heavy atom. The molecule has 108 valence electrons. The summed E-state index contributed by atoms with van der Waals surface area (Å²) < 4.78 is 0. The zero-order valence-corrected chi connectivity index (χ0v) is 13.0. The summed E-state index contributed by atoms with van der Waals surface area (Å²) in [5.74, 6) is 0. The van der Waals surface area contributed by atoms with E-state index in [-0.39, 0.29) is 0 Å². The number of fused-ring (bicyclic) bond motifs is 2. The van der Waals surface area contributed by atoms with Gasteiger partial charge < -0.3 is 0 Å². The predicted octanol–water partition coefficient (Wildman–Crippen LogP) is 6.25. The molecule has 4 rings (SSSR count). The lowest BCUT2D eigenvalue weighted by Gasteiger charge is -2.09. The van der Waals surface area contributed by atoms with E-state index in [9.17, 15) is 0 Å². The van der Waals surface area contributed by atoms with Crippen molar-refractivity contribution < 1.29 is 0 Å². The van der Waals surface area contributed by atoms with Gasteiger partial charge in [-0.3, -0.25) is 0 Å². The molecule has 0 fully saturated rings. The van der Waals surface area contributed by atoms with Crippen LogP contribution in [0.5, 0.6) is 0 Å². The molecule has 0 aromatic heterocycles. The molecule has 1 aliphatic carbocycles. The molecular formula is C22H20. The molecule has 0 N–H and O–H groups in total. The monoisotopic (exact) mass is 284 g/mol. The molecule has 0 atom stereocenters. The van der Waals surface area contributed by atoms with Gasteiger partial charge in [-0.05, 0) is 51.9 Å². The molecule has 0 amide bonds. The summed E-state index contributed by atoms with van der Waals surface area (Å²) in [6.45, 7) is 2.26. The van der Waals surface area contributed by atoms with Gasteiger partial charge in [-0.2, -0.15) is 0 Å². The molecule has 0 spiro atoms. The van der Waals surface area contributed by atoms with E-state index in [0.29, 0.717) is 0 Å². The molecular weight excluding hydrogens is 264 g/mol. The van der Waals surface area contributed by atoms with Gasteiger partial charge in [0, 0.05) is 0 Å². The van der Waals surface area contributed by atoms with Crippen molar-refractivity contribution in [3.05, 3.63) is 77.4 Å². The number of rotatable bonds is 3. The minimum atomic E-state index is 1.13. The van der Waals surface area contributed by atoms with Crippen molar-refractivity contribution >= 4 is 16.8 Å². The number of allylic oxidation sites excluding steroid dienone is 1.